The molecule has 1 unspecified atom stereocenters. The van der Waals surface area contributed by atoms with Crippen molar-refractivity contribution in [2.24, 2.45) is 0 Å². The van der Waals surface area contributed by atoms with Crippen LogP contribution in [0.1, 0.15) is 37.8 Å². The molecule has 1 N–H and O–H groups in total. The van der Waals surface area contributed by atoms with Crippen LogP contribution in [0.25, 0.3) is 6.08 Å². The molecule has 0 amide bonds. The summed E-state index contributed by atoms with van der Waals surface area (Å²) in [5.41, 5.74) is 1.78. The SMILES string of the molecule is C=CC(=O)n1nc(C(=O)O)c2c1CC(c1ccccc1)(c1ccncn1)C=C2. The van der Waals surface area contributed by atoms with Crippen molar-refractivity contribution in [2.75, 3.05) is 0 Å². The van der Waals surface area contributed by atoms with Gasteiger partial charge in [-0.1, -0.05) is 49.1 Å². The Hall–Kier alpha value is -3.87. The largest absolute Gasteiger partial charge is 0.476 e. The number of hydrogen-bond donors (Lipinski definition) is 1. The maximum Gasteiger partial charge on any atom is 0.357 e. The number of nitrogens with zero attached hydrogens (tertiary/aromatic N) is 4. The third-order valence-corrected chi connectivity index (χ3v) is 4.92. The number of carbonyl (C=O) groups excluding carboxylic acids is 1. The maximum atomic E-state index is 12.3. The van der Waals surface area contributed by atoms with Gasteiger partial charge in [0.25, 0.3) is 5.91 Å². The van der Waals surface area contributed by atoms with E-state index in [1.807, 2.05) is 42.5 Å². The molecule has 4 rings (SSSR count). The van der Waals surface area contributed by atoms with Crippen molar-refractivity contribution < 1.29 is 14.7 Å². The van der Waals surface area contributed by atoms with Crippen molar-refractivity contribution in [3.63, 3.8) is 0 Å². The fraction of sp³-hybridized carbons (Fsp3) is 0.0952. The molecule has 28 heavy (non-hydrogen) atoms. The fourth-order valence-electron chi connectivity index (χ4n) is 3.60. The molecule has 1 atom stereocenters. The van der Waals surface area contributed by atoms with Crippen LogP contribution in [0.3, 0.4) is 0 Å². The molecule has 2 aromatic heterocycles. The minimum Gasteiger partial charge on any atom is -0.476 e. The molecular formula is C21H16N4O3. The minimum atomic E-state index is -1.19. The second-order valence-electron chi connectivity index (χ2n) is 6.41. The van der Waals surface area contributed by atoms with Crippen molar-refractivity contribution >= 4 is 18.0 Å². The summed E-state index contributed by atoms with van der Waals surface area (Å²) in [6.07, 6.45) is 8.19. The Labute approximate surface area is 160 Å². The normalized spacial score (nSPS) is 17.7. The van der Waals surface area contributed by atoms with Crippen LogP contribution in [-0.4, -0.2) is 36.7 Å². The van der Waals surface area contributed by atoms with E-state index in [1.165, 1.54) is 6.33 Å². The number of hydrogen-bond acceptors (Lipinski definition) is 5. The van der Waals surface area contributed by atoms with E-state index in [9.17, 15) is 14.7 Å². The van der Waals surface area contributed by atoms with Crippen molar-refractivity contribution in [1.29, 1.82) is 0 Å². The molecule has 0 fully saturated rings. The van der Waals surface area contributed by atoms with Gasteiger partial charge in [0, 0.05) is 18.2 Å². The van der Waals surface area contributed by atoms with Crippen LogP contribution < -0.4 is 0 Å². The Bertz CT molecular complexity index is 1060. The highest BCUT2D eigenvalue weighted by molar-refractivity contribution is 5.95. The number of fused-ring (bicyclic) bond motifs is 1. The summed E-state index contributed by atoms with van der Waals surface area (Å²) in [6, 6.07) is 11.5. The first-order chi connectivity index (χ1) is 13.6. The minimum absolute atomic E-state index is 0.161. The van der Waals surface area contributed by atoms with Crippen molar-refractivity contribution in [3.05, 3.63) is 95.9 Å². The Morgan fingerprint density at radius 3 is 2.64 bits per heavy atom. The highest BCUT2D eigenvalue weighted by atomic mass is 16.4. The zero-order valence-corrected chi connectivity index (χ0v) is 14.8. The van der Waals surface area contributed by atoms with Crippen LogP contribution in [0.15, 0.2) is 67.7 Å². The highest BCUT2D eigenvalue weighted by Crippen LogP contribution is 2.41. The highest BCUT2D eigenvalue weighted by Gasteiger charge is 2.40. The zero-order chi connectivity index (χ0) is 19.7. The number of allylic oxidation sites excluding steroid dienone is 2. The summed E-state index contributed by atoms with van der Waals surface area (Å²) in [6.45, 7) is 3.50. The predicted octanol–water partition coefficient (Wildman–Crippen LogP) is 2.75. The smallest absolute Gasteiger partial charge is 0.357 e. The topological polar surface area (TPSA) is 98.0 Å². The van der Waals surface area contributed by atoms with E-state index in [1.54, 1.807) is 12.3 Å². The van der Waals surface area contributed by atoms with E-state index < -0.39 is 17.3 Å². The Balaban J connectivity index is 1.97. The molecule has 3 aromatic rings. The van der Waals surface area contributed by atoms with Crippen LogP contribution in [0.2, 0.25) is 0 Å². The molecule has 7 nitrogen and oxygen atoms in total. The van der Waals surface area contributed by atoms with Crippen molar-refractivity contribution in [1.82, 2.24) is 19.7 Å². The van der Waals surface area contributed by atoms with Crippen LogP contribution in [0.4, 0.5) is 0 Å². The second kappa shape index (κ2) is 6.70. The molecule has 0 spiro atoms. The first-order valence-corrected chi connectivity index (χ1v) is 8.60. The molecule has 7 heteroatoms. The molecule has 1 aliphatic carbocycles. The van der Waals surface area contributed by atoms with E-state index in [0.717, 1.165) is 22.0 Å². The van der Waals surface area contributed by atoms with Gasteiger partial charge < -0.3 is 5.11 Å². The van der Waals surface area contributed by atoms with Crippen molar-refractivity contribution in [3.8, 4) is 0 Å². The van der Waals surface area contributed by atoms with Crippen LogP contribution in [-0.2, 0) is 11.8 Å². The summed E-state index contributed by atoms with van der Waals surface area (Å²) in [7, 11) is 0. The third-order valence-electron chi connectivity index (χ3n) is 4.92. The lowest BCUT2D eigenvalue weighted by atomic mass is 9.70. The van der Waals surface area contributed by atoms with Gasteiger partial charge in [-0.15, -0.1) is 0 Å². The van der Waals surface area contributed by atoms with Gasteiger partial charge in [-0.05, 0) is 17.7 Å². The fourth-order valence-corrected chi connectivity index (χ4v) is 3.60. The standard InChI is InChI=1S/C21H16N4O3/c1-2-18(26)25-16-12-21(14-6-4-3-5-7-14,17-9-11-22-13-23-17)10-8-15(16)19(24-25)20(27)28/h2-11,13H,1,12H2,(H,27,28). The number of benzene rings is 1. The van der Waals surface area contributed by atoms with E-state index >= 15 is 0 Å². The predicted molar refractivity (Wildman–Crippen MR) is 102 cm³/mol. The molecule has 138 valence electrons. The van der Waals surface area contributed by atoms with Gasteiger partial charge in [-0.25, -0.2) is 14.8 Å². The number of aromatic carboxylic acids is 1. The maximum absolute atomic E-state index is 12.3. The molecule has 0 saturated carbocycles. The summed E-state index contributed by atoms with van der Waals surface area (Å²) in [4.78, 5) is 32.4. The van der Waals surface area contributed by atoms with Crippen LogP contribution >= 0.6 is 0 Å². The van der Waals surface area contributed by atoms with Crippen LogP contribution in [0.5, 0.6) is 0 Å². The van der Waals surface area contributed by atoms with Crippen molar-refractivity contribution in [2.45, 2.75) is 11.8 Å². The molecule has 0 radical (unpaired) electrons. The van der Waals surface area contributed by atoms with E-state index in [4.69, 9.17) is 0 Å². The summed E-state index contributed by atoms with van der Waals surface area (Å²) in [5.74, 6) is -1.67. The molecule has 0 bridgehead atoms. The molecule has 0 aliphatic heterocycles. The van der Waals surface area contributed by atoms with Gasteiger partial charge in [0.15, 0.2) is 5.69 Å². The van der Waals surface area contributed by atoms with Gasteiger partial charge in [0.2, 0.25) is 0 Å². The molecule has 1 aromatic carbocycles. The summed E-state index contributed by atoms with van der Waals surface area (Å²) in [5, 5.41) is 13.5. The van der Waals surface area contributed by atoms with E-state index in [2.05, 4.69) is 21.6 Å². The molecule has 1 aliphatic rings. The molecule has 2 heterocycles. The second-order valence-corrected chi connectivity index (χ2v) is 6.41. The van der Waals surface area contributed by atoms with Crippen LogP contribution in [0, 0.1) is 0 Å². The monoisotopic (exact) mass is 372 g/mol. The lowest BCUT2D eigenvalue weighted by Crippen LogP contribution is -2.33. The van der Waals surface area contributed by atoms with Gasteiger partial charge in [0.1, 0.15) is 6.33 Å². The summed E-state index contributed by atoms with van der Waals surface area (Å²) < 4.78 is 1.12. The number of rotatable bonds is 4. The first kappa shape index (κ1) is 17.5. The average molecular weight is 372 g/mol. The quantitative estimate of drug-likeness (QED) is 0.707. The average Bonchev–Trinajstić information content (AvgIpc) is 3.13. The van der Waals surface area contributed by atoms with Gasteiger partial charge in [-0.2, -0.15) is 9.78 Å². The first-order valence-electron chi connectivity index (χ1n) is 8.60. The van der Waals surface area contributed by atoms with E-state index in [-0.39, 0.29) is 5.69 Å². The van der Waals surface area contributed by atoms with Gasteiger partial charge in [-0.3, -0.25) is 4.79 Å². The molecule has 0 saturated heterocycles. The zero-order valence-electron chi connectivity index (χ0n) is 14.8. The van der Waals surface area contributed by atoms with E-state index in [0.29, 0.717) is 17.7 Å². The Morgan fingerprint density at radius 1 is 1.21 bits per heavy atom. The van der Waals surface area contributed by atoms with Gasteiger partial charge >= 0.3 is 5.97 Å². The van der Waals surface area contributed by atoms with Gasteiger partial charge in [0.05, 0.1) is 16.8 Å². The molecular weight excluding hydrogens is 356 g/mol. The Morgan fingerprint density at radius 2 is 2.00 bits per heavy atom. The number of carboxylic acids is 1. The number of aromatic nitrogens is 4. The summed E-state index contributed by atoms with van der Waals surface area (Å²) >= 11 is 0. The number of carbonyl (C=O) groups is 2. The number of carboxylic acid groups (broad SMARTS) is 1. The lowest BCUT2D eigenvalue weighted by Gasteiger charge is -2.33. The Kier molecular flexibility index (Phi) is 4.19. The lowest BCUT2D eigenvalue weighted by molar-refractivity contribution is 0.0689. The third kappa shape index (κ3) is 2.64.